The maximum atomic E-state index is 12.2. The lowest BCUT2D eigenvalue weighted by molar-refractivity contribution is 0.0733. The molecule has 0 heterocycles. The number of ether oxygens (including phenoxy) is 1. The fourth-order valence-corrected chi connectivity index (χ4v) is 2.37. The summed E-state index contributed by atoms with van der Waals surface area (Å²) in [6, 6.07) is 12.6. The van der Waals surface area contributed by atoms with Gasteiger partial charge in [-0.1, -0.05) is 43.5 Å². The van der Waals surface area contributed by atoms with Crippen molar-refractivity contribution in [2.75, 3.05) is 0 Å². The normalized spacial score (nSPS) is 10.3. The topological polar surface area (TPSA) is 43.4 Å². The van der Waals surface area contributed by atoms with Crippen LogP contribution in [0.3, 0.4) is 0 Å². The van der Waals surface area contributed by atoms with Crippen LogP contribution >= 0.6 is 0 Å². The molecule has 0 aliphatic heterocycles. The minimum absolute atomic E-state index is 0.310. The van der Waals surface area contributed by atoms with Crippen LogP contribution in [-0.4, -0.2) is 12.3 Å². The van der Waals surface area contributed by atoms with Crippen molar-refractivity contribution in [2.45, 2.75) is 39.5 Å². The standard InChI is InChI=1S/C20H22O3/c1-3-4-5-6-16-9-12-19(18(13-16)14-21)23-20(22)17-10-7-15(2)8-11-17/h7-14H,3-6H2,1-2H3. The van der Waals surface area contributed by atoms with Crippen LogP contribution < -0.4 is 4.74 Å². The first kappa shape index (κ1) is 16.9. The highest BCUT2D eigenvalue weighted by Gasteiger charge is 2.12. The second-order valence-electron chi connectivity index (χ2n) is 5.70. The van der Waals surface area contributed by atoms with E-state index in [1.165, 1.54) is 6.42 Å². The van der Waals surface area contributed by atoms with E-state index in [4.69, 9.17) is 4.74 Å². The summed E-state index contributed by atoms with van der Waals surface area (Å²) >= 11 is 0. The molecule has 0 aliphatic carbocycles. The first-order valence-electron chi connectivity index (χ1n) is 8.01. The van der Waals surface area contributed by atoms with Crippen LogP contribution in [0, 0.1) is 6.92 Å². The number of carbonyl (C=O) groups is 2. The second kappa shape index (κ2) is 8.28. The first-order valence-corrected chi connectivity index (χ1v) is 8.01. The molecule has 0 aromatic heterocycles. The molecule has 0 saturated carbocycles. The highest BCUT2D eigenvalue weighted by Crippen LogP contribution is 2.21. The molecule has 0 radical (unpaired) electrons. The van der Waals surface area contributed by atoms with E-state index < -0.39 is 5.97 Å². The smallest absolute Gasteiger partial charge is 0.343 e. The van der Waals surface area contributed by atoms with E-state index in [-0.39, 0.29) is 0 Å². The van der Waals surface area contributed by atoms with Crippen LogP contribution in [0.4, 0.5) is 0 Å². The molecule has 3 heteroatoms. The Hall–Kier alpha value is -2.42. The summed E-state index contributed by atoms with van der Waals surface area (Å²) in [6.45, 7) is 4.11. The van der Waals surface area contributed by atoms with Crippen molar-refractivity contribution >= 4 is 12.3 Å². The summed E-state index contributed by atoms with van der Waals surface area (Å²) in [7, 11) is 0. The fourth-order valence-electron chi connectivity index (χ4n) is 2.37. The van der Waals surface area contributed by atoms with Crippen molar-refractivity contribution in [2.24, 2.45) is 0 Å². The van der Waals surface area contributed by atoms with Crippen LogP contribution in [0.1, 0.15) is 58.0 Å². The molecule has 0 spiro atoms. The average Bonchev–Trinajstić information content (AvgIpc) is 2.56. The summed E-state index contributed by atoms with van der Waals surface area (Å²) in [5, 5.41) is 0. The van der Waals surface area contributed by atoms with Crippen molar-refractivity contribution in [1.82, 2.24) is 0 Å². The molecule has 0 aliphatic rings. The molecule has 23 heavy (non-hydrogen) atoms. The van der Waals surface area contributed by atoms with Crippen molar-refractivity contribution in [1.29, 1.82) is 0 Å². The van der Waals surface area contributed by atoms with Gasteiger partial charge in [-0.25, -0.2) is 4.79 Å². The number of rotatable bonds is 7. The van der Waals surface area contributed by atoms with Crippen LogP contribution in [-0.2, 0) is 6.42 Å². The molecule has 0 saturated heterocycles. The number of aryl methyl sites for hydroxylation is 2. The van der Waals surface area contributed by atoms with Gasteiger partial charge >= 0.3 is 5.97 Å². The molecule has 0 N–H and O–H groups in total. The van der Waals surface area contributed by atoms with Gasteiger partial charge in [0.2, 0.25) is 0 Å². The van der Waals surface area contributed by atoms with Gasteiger partial charge in [0.05, 0.1) is 11.1 Å². The van der Waals surface area contributed by atoms with E-state index in [2.05, 4.69) is 6.92 Å². The van der Waals surface area contributed by atoms with Gasteiger partial charge in [-0.15, -0.1) is 0 Å². The molecular weight excluding hydrogens is 288 g/mol. The van der Waals surface area contributed by atoms with Gasteiger partial charge in [-0.05, 0) is 49.6 Å². The van der Waals surface area contributed by atoms with Gasteiger partial charge in [-0.2, -0.15) is 0 Å². The largest absolute Gasteiger partial charge is 0.422 e. The molecule has 3 nitrogen and oxygen atoms in total. The second-order valence-corrected chi connectivity index (χ2v) is 5.70. The molecule has 120 valence electrons. The van der Waals surface area contributed by atoms with E-state index >= 15 is 0 Å². The number of benzene rings is 2. The molecular formula is C20H22O3. The molecule has 0 fully saturated rings. The van der Waals surface area contributed by atoms with E-state index in [1.807, 2.05) is 25.1 Å². The quantitative estimate of drug-likeness (QED) is 0.320. The minimum atomic E-state index is -0.452. The summed E-state index contributed by atoms with van der Waals surface area (Å²) in [4.78, 5) is 23.4. The van der Waals surface area contributed by atoms with Crippen LogP contribution in [0.25, 0.3) is 0 Å². The lowest BCUT2D eigenvalue weighted by atomic mass is 10.0. The lowest BCUT2D eigenvalue weighted by Crippen LogP contribution is -2.10. The summed E-state index contributed by atoms with van der Waals surface area (Å²) in [5.41, 5.74) is 3.06. The Bertz CT molecular complexity index is 672. The average molecular weight is 310 g/mol. The van der Waals surface area contributed by atoms with Gasteiger partial charge in [0.15, 0.2) is 6.29 Å². The number of aldehydes is 1. The highest BCUT2D eigenvalue weighted by atomic mass is 16.5. The highest BCUT2D eigenvalue weighted by molar-refractivity contribution is 5.92. The van der Waals surface area contributed by atoms with Crippen LogP contribution in [0.5, 0.6) is 5.75 Å². The van der Waals surface area contributed by atoms with Crippen molar-refractivity contribution in [3.8, 4) is 5.75 Å². The van der Waals surface area contributed by atoms with Gasteiger partial charge in [-0.3, -0.25) is 4.79 Å². The minimum Gasteiger partial charge on any atom is -0.422 e. The van der Waals surface area contributed by atoms with E-state index in [9.17, 15) is 9.59 Å². The maximum Gasteiger partial charge on any atom is 0.343 e. The zero-order valence-corrected chi connectivity index (χ0v) is 13.7. The SMILES string of the molecule is CCCCCc1ccc(OC(=O)c2ccc(C)cc2)c(C=O)c1. The lowest BCUT2D eigenvalue weighted by Gasteiger charge is -2.09. The monoisotopic (exact) mass is 310 g/mol. The van der Waals surface area contributed by atoms with Crippen LogP contribution in [0.2, 0.25) is 0 Å². The summed E-state index contributed by atoms with van der Waals surface area (Å²) in [5.74, 6) is -0.142. The predicted molar refractivity (Wildman–Crippen MR) is 91.2 cm³/mol. The Morgan fingerprint density at radius 1 is 1.09 bits per heavy atom. The third kappa shape index (κ3) is 4.78. The van der Waals surface area contributed by atoms with E-state index in [0.717, 1.165) is 36.7 Å². The number of hydrogen-bond acceptors (Lipinski definition) is 3. The Morgan fingerprint density at radius 3 is 2.48 bits per heavy atom. The van der Waals surface area contributed by atoms with Crippen molar-refractivity contribution in [3.63, 3.8) is 0 Å². The van der Waals surface area contributed by atoms with Crippen molar-refractivity contribution < 1.29 is 14.3 Å². The molecule has 0 bridgehead atoms. The molecule has 0 amide bonds. The van der Waals surface area contributed by atoms with Gasteiger partial charge in [0, 0.05) is 0 Å². The summed E-state index contributed by atoms with van der Waals surface area (Å²) in [6.07, 6.45) is 5.09. The first-order chi connectivity index (χ1) is 11.1. The maximum absolute atomic E-state index is 12.2. The van der Waals surface area contributed by atoms with Crippen LogP contribution in [0.15, 0.2) is 42.5 Å². The van der Waals surface area contributed by atoms with Gasteiger partial charge < -0.3 is 4.74 Å². The number of carbonyl (C=O) groups excluding carboxylic acids is 2. The zero-order valence-electron chi connectivity index (χ0n) is 13.7. The van der Waals surface area contributed by atoms with E-state index in [0.29, 0.717) is 16.9 Å². The molecule has 2 aromatic rings. The zero-order chi connectivity index (χ0) is 16.7. The fraction of sp³-hybridized carbons (Fsp3) is 0.300. The molecule has 2 aromatic carbocycles. The number of esters is 1. The Labute approximate surface area is 137 Å². The van der Waals surface area contributed by atoms with E-state index in [1.54, 1.807) is 24.3 Å². The number of unbranched alkanes of at least 4 members (excludes halogenated alkanes) is 2. The Morgan fingerprint density at radius 2 is 1.83 bits per heavy atom. The third-order valence-corrected chi connectivity index (χ3v) is 3.76. The number of hydrogen-bond donors (Lipinski definition) is 0. The Balaban J connectivity index is 2.11. The third-order valence-electron chi connectivity index (χ3n) is 3.76. The molecule has 2 rings (SSSR count). The van der Waals surface area contributed by atoms with Gasteiger partial charge in [0.25, 0.3) is 0 Å². The van der Waals surface area contributed by atoms with Gasteiger partial charge in [0.1, 0.15) is 5.75 Å². The summed E-state index contributed by atoms with van der Waals surface area (Å²) < 4.78 is 5.37. The predicted octanol–water partition coefficient (Wildman–Crippen LogP) is 4.76. The van der Waals surface area contributed by atoms with Crippen molar-refractivity contribution in [3.05, 3.63) is 64.7 Å². The molecule has 0 atom stereocenters. The Kier molecular flexibility index (Phi) is 6.10. The molecule has 0 unspecified atom stereocenters.